The molecular formula is C15H24N4O2. The lowest BCUT2D eigenvalue weighted by Gasteiger charge is -2.33. The Morgan fingerprint density at radius 1 is 1.52 bits per heavy atom. The number of aromatic nitrogens is 2. The van der Waals surface area contributed by atoms with E-state index in [1.807, 2.05) is 0 Å². The van der Waals surface area contributed by atoms with Crippen molar-refractivity contribution in [1.29, 1.82) is 0 Å². The number of anilines is 1. The highest BCUT2D eigenvalue weighted by Crippen LogP contribution is 2.21. The summed E-state index contributed by atoms with van der Waals surface area (Å²) in [7, 11) is 1.63. The summed E-state index contributed by atoms with van der Waals surface area (Å²) in [5.74, 6) is 0.129. The van der Waals surface area contributed by atoms with Gasteiger partial charge >= 0.3 is 0 Å². The van der Waals surface area contributed by atoms with Gasteiger partial charge in [-0.3, -0.25) is 9.59 Å². The summed E-state index contributed by atoms with van der Waals surface area (Å²) >= 11 is 0. The first-order valence-corrected chi connectivity index (χ1v) is 7.68. The Balaban J connectivity index is 1.98. The Morgan fingerprint density at radius 2 is 2.33 bits per heavy atom. The van der Waals surface area contributed by atoms with E-state index in [9.17, 15) is 9.59 Å². The summed E-state index contributed by atoms with van der Waals surface area (Å²) in [6, 6.07) is 1.59. The standard InChI is InChI=1S/C15H24N4O2/c1-3-4-7-16-15(21)12-6-5-8-19(11-12)13-9-14(20)18(2)17-10-13/h9-10,12H,3-8,11H2,1-2H3,(H,16,21). The van der Waals surface area contributed by atoms with Crippen LogP contribution in [0.2, 0.25) is 0 Å². The van der Waals surface area contributed by atoms with Gasteiger partial charge in [0.25, 0.3) is 5.56 Å². The fraction of sp³-hybridized carbons (Fsp3) is 0.667. The quantitative estimate of drug-likeness (QED) is 0.819. The van der Waals surface area contributed by atoms with Gasteiger partial charge in [0.15, 0.2) is 0 Å². The Labute approximate surface area is 125 Å². The first-order valence-electron chi connectivity index (χ1n) is 7.68. The van der Waals surface area contributed by atoms with E-state index < -0.39 is 0 Å². The molecule has 1 aliphatic heterocycles. The molecule has 2 rings (SSSR count). The van der Waals surface area contributed by atoms with Crippen molar-refractivity contribution in [2.75, 3.05) is 24.5 Å². The highest BCUT2D eigenvalue weighted by atomic mass is 16.2. The number of hydrogen-bond donors (Lipinski definition) is 1. The van der Waals surface area contributed by atoms with Crippen LogP contribution in [0.15, 0.2) is 17.1 Å². The summed E-state index contributed by atoms with van der Waals surface area (Å²) in [6.07, 6.45) is 5.66. The van der Waals surface area contributed by atoms with E-state index in [-0.39, 0.29) is 17.4 Å². The third kappa shape index (κ3) is 4.06. The van der Waals surface area contributed by atoms with Crippen LogP contribution in [0.4, 0.5) is 5.69 Å². The van der Waals surface area contributed by atoms with Crippen LogP contribution in [0.5, 0.6) is 0 Å². The van der Waals surface area contributed by atoms with Crippen molar-refractivity contribution in [2.45, 2.75) is 32.6 Å². The molecule has 1 saturated heterocycles. The van der Waals surface area contributed by atoms with Crippen LogP contribution in [-0.4, -0.2) is 35.3 Å². The third-order valence-corrected chi connectivity index (χ3v) is 3.94. The van der Waals surface area contributed by atoms with Gasteiger partial charge in [0.2, 0.25) is 5.91 Å². The number of nitrogens with zero attached hydrogens (tertiary/aromatic N) is 3. The van der Waals surface area contributed by atoms with E-state index in [2.05, 4.69) is 22.2 Å². The number of carbonyl (C=O) groups excluding carboxylic acids is 1. The van der Waals surface area contributed by atoms with Gasteiger partial charge in [-0.2, -0.15) is 5.10 Å². The molecule has 1 aliphatic rings. The Kier molecular flexibility index (Phi) is 5.36. The second kappa shape index (κ2) is 7.24. The monoisotopic (exact) mass is 292 g/mol. The Hall–Kier alpha value is -1.85. The molecule has 0 saturated carbocycles. The lowest BCUT2D eigenvalue weighted by molar-refractivity contribution is -0.125. The highest BCUT2D eigenvalue weighted by Gasteiger charge is 2.26. The molecule has 6 heteroatoms. The van der Waals surface area contributed by atoms with E-state index in [1.165, 1.54) is 4.68 Å². The van der Waals surface area contributed by atoms with Gasteiger partial charge in [-0.05, 0) is 19.3 Å². The maximum atomic E-state index is 12.2. The molecule has 1 fully saturated rings. The molecule has 1 aromatic rings. The third-order valence-electron chi connectivity index (χ3n) is 3.94. The molecule has 116 valence electrons. The number of nitrogens with one attached hydrogen (secondary N) is 1. The molecule has 1 N–H and O–H groups in total. The van der Waals surface area contributed by atoms with Crippen LogP contribution >= 0.6 is 0 Å². The van der Waals surface area contributed by atoms with Crippen molar-refractivity contribution in [1.82, 2.24) is 15.1 Å². The van der Waals surface area contributed by atoms with E-state index in [1.54, 1.807) is 19.3 Å². The topological polar surface area (TPSA) is 67.2 Å². The van der Waals surface area contributed by atoms with Crippen molar-refractivity contribution in [2.24, 2.45) is 13.0 Å². The van der Waals surface area contributed by atoms with E-state index in [0.29, 0.717) is 6.54 Å². The number of hydrogen-bond acceptors (Lipinski definition) is 4. The van der Waals surface area contributed by atoms with E-state index in [4.69, 9.17) is 0 Å². The van der Waals surface area contributed by atoms with Gasteiger partial charge in [0, 0.05) is 32.7 Å². The average Bonchev–Trinajstić information content (AvgIpc) is 2.50. The van der Waals surface area contributed by atoms with Crippen molar-refractivity contribution >= 4 is 11.6 Å². The molecule has 2 heterocycles. The van der Waals surface area contributed by atoms with Gasteiger partial charge in [-0.1, -0.05) is 13.3 Å². The molecule has 1 unspecified atom stereocenters. The minimum Gasteiger partial charge on any atom is -0.369 e. The molecule has 0 spiro atoms. The van der Waals surface area contributed by atoms with Crippen LogP contribution in [0, 0.1) is 5.92 Å². The molecular weight excluding hydrogens is 268 g/mol. The van der Waals surface area contributed by atoms with Crippen molar-refractivity contribution in [3.8, 4) is 0 Å². The lowest BCUT2D eigenvalue weighted by atomic mass is 9.97. The second-order valence-corrected chi connectivity index (χ2v) is 5.61. The summed E-state index contributed by atoms with van der Waals surface area (Å²) in [5.41, 5.74) is 0.686. The first kappa shape index (κ1) is 15.5. The number of aryl methyl sites for hydroxylation is 1. The summed E-state index contributed by atoms with van der Waals surface area (Å²) < 4.78 is 1.31. The molecule has 0 aliphatic carbocycles. The van der Waals surface area contributed by atoms with Crippen molar-refractivity contribution in [3.05, 3.63) is 22.6 Å². The zero-order valence-electron chi connectivity index (χ0n) is 12.8. The smallest absolute Gasteiger partial charge is 0.268 e. The predicted octanol–water partition coefficient (Wildman–Crippen LogP) is 0.913. The van der Waals surface area contributed by atoms with Gasteiger partial charge in [0.05, 0.1) is 17.8 Å². The molecule has 0 bridgehead atoms. The van der Waals surface area contributed by atoms with Gasteiger partial charge in [0.1, 0.15) is 0 Å². The number of piperidine rings is 1. The van der Waals surface area contributed by atoms with Crippen LogP contribution in [0.25, 0.3) is 0 Å². The van der Waals surface area contributed by atoms with E-state index in [0.717, 1.165) is 44.5 Å². The SMILES string of the molecule is CCCCNC(=O)C1CCCN(c2cnn(C)c(=O)c2)C1. The summed E-state index contributed by atoms with van der Waals surface area (Å²) in [5, 5.41) is 7.05. The number of rotatable bonds is 5. The van der Waals surface area contributed by atoms with Crippen LogP contribution < -0.4 is 15.8 Å². The largest absolute Gasteiger partial charge is 0.369 e. The average molecular weight is 292 g/mol. The van der Waals surface area contributed by atoms with E-state index >= 15 is 0 Å². The first-order chi connectivity index (χ1) is 10.1. The van der Waals surface area contributed by atoms with Gasteiger partial charge in [-0.25, -0.2) is 4.68 Å². The molecule has 1 amide bonds. The van der Waals surface area contributed by atoms with Crippen molar-refractivity contribution in [3.63, 3.8) is 0 Å². The molecule has 21 heavy (non-hydrogen) atoms. The predicted molar refractivity (Wildman–Crippen MR) is 82.3 cm³/mol. The highest BCUT2D eigenvalue weighted by molar-refractivity contribution is 5.79. The number of amides is 1. The lowest BCUT2D eigenvalue weighted by Crippen LogP contribution is -2.43. The zero-order chi connectivity index (χ0) is 15.2. The number of carbonyl (C=O) groups is 1. The zero-order valence-corrected chi connectivity index (χ0v) is 12.8. The molecule has 1 atom stereocenters. The van der Waals surface area contributed by atoms with Crippen molar-refractivity contribution < 1.29 is 4.79 Å². The number of unbranched alkanes of at least 4 members (excludes halogenated alkanes) is 1. The minimum atomic E-state index is -0.123. The fourth-order valence-corrected chi connectivity index (χ4v) is 2.59. The fourth-order valence-electron chi connectivity index (χ4n) is 2.59. The Morgan fingerprint density at radius 3 is 3.05 bits per heavy atom. The summed E-state index contributed by atoms with van der Waals surface area (Å²) in [6.45, 7) is 4.39. The maximum Gasteiger partial charge on any atom is 0.268 e. The molecule has 0 aromatic carbocycles. The van der Waals surface area contributed by atoms with Crippen LogP contribution in [0.1, 0.15) is 32.6 Å². The summed E-state index contributed by atoms with van der Waals surface area (Å²) in [4.78, 5) is 25.9. The minimum absolute atomic E-state index is 0.000311. The molecule has 6 nitrogen and oxygen atoms in total. The normalized spacial score (nSPS) is 18.6. The van der Waals surface area contributed by atoms with Gasteiger partial charge < -0.3 is 10.2 Å². The Bertz CT molecular complexity index is 541. The van der Waals surface area contributed by atoms with Crippen LogP contribution in [0.3, 0.4) is 0 Å². The molecule has 0 radical (unpaired) electrons. The second-order valence-electron chi connectivity index (χ2n) is 5.61. The van der Waals surface area contributed by atoms with Gasteiger partial charge in [-0.15, -0.1) is 0 Å². The van der Waals surface area contributed by atoms with Crippen LogP contribution in [-0.2, 0) is 11.8 Å². The maximum absolute atomic E-state index is 12.2. The molecule has 1 aromatic heterocycles.